The zero-order chi connectivity index (χ0) is 20.3. The van der Waals surface area contributed by atoms with Crippen LogP contribution in [0.5, 0.6) is 5.75 Å². The van der Waals surface area contributed by atoms with Gasteiger partial charge in [0.1, 0.15) is 12.0 Å². The molecule has 28 heavy (non-hydrogen) atoms. The van der Waals surface area contributed by atoms with Gasteiger partial charge in [-0.05, 0) is 29.7 Å². The molecule has 1 aromatic heterocycles. The summed E-state index contributed by atoms with van der Waals surface area (Å²) in [4.78, 5) is 4.37. The van der Waals surface area contributed by atoms with E-state index in [0.29, 0.717) is 34.2 Å². The smallest absolute Gasteiger partial charge is 0.191 e. The number of alkyl halides is 1. The highest BCUT2D eigenvalue weighted by Gasteiger charge is 2.25. The Morgan fingerprint density at radius 3 is 2.21 bits per heavy atom. The zero-order valence-corrected chi connectivity index (χ0v) is 18.3. The standard InChI is InChI=1S/C22H22Cl3NO2/c1-14-26-20(13-28-14)15-5-7-16(8-6-15)22(2,3)17-11-18(24)21(19(25)12-17)27-10-4-9-23/h5-8,11-13H,4,9-10H2,1-3H3. The molecule has 0 atom stereocenters. The average molecular weight is 439 g/mol. The summed E-state index contributed by atoms with van der Waals surface area (Å²) in [7, 11) is 0. The van der Waals surface area contributed by atoms with E-state index in [1.807, 2.05) is 31.2 Å². The van der Waals surface area contributed by atoms with Crippen LogP contribution >= 0.6 is 34.8 Å². The molecule has 0 aliphatic rings. The van der Waals surface area contributed by atoms with Crippen molar-refractivity contribution in [2.45, 2.75) is 32.6 Å². The van der Waals surface area contributed by atoms with E-state index in [2.05, 4.69) is 31.0 Å². The molecule has 3 aromatic rings. The number of hydrogen-bond donors (Lipinski definition) is 0. The molecule has 1 heterocycles. The highest BCUT2D eigenvalue weighted by molar-refractivity contribution is 6.37. The molecule has 0 saturated heterocycles. The van der Waals surface area contributed by atoms with Gasteiger partial charge in [-0.25, -0.2) is 4.98 Å². The summed E-state index contributed by atoms with van der Waals surface area (Å²) >= 11 is 18.6. The van der Waals surface area contributed by atoms with Crippen LogP contribution in [-0.4, -0.2) is 17.5 Å². The van der Waals surface area contributed by atoms with E-state index in [1.54, 1.807) is 6.26 Å². The molecule has 0 N–H and O–H groups in total. The van der Waals surface area contributed by atoms with E-state index in [-0.39, 0.29) is 5.41 Å². The Hall–Kier alpha value is -1.68. The van der Waals surface area contributed by atoms with Crippen molar-refractivity contribution in [1.82, 2.24) is 4.98 Å². The molecule has 2 aromatic carbocycles. The Balaban J connectivity index is 1.87. The van der Waals surface area contributed by atoms with Crippen LogP contribution in [0, 0.1) is 6.92 Å². The van der Waals surface area contributed by atoms with E-state index in [1.165, 1.54) is 0 Å². The molecular formula is C22H22Cl3NO2. The van der Waals surface area contributed by atoms with Crippen LogP contribution in [0.1, 0.15) is 37.3 Å². The molecule has 0 unspecified atom stereocenters. The van der Waals surface area contributed by atoms with E-state index < -0.39 is 0 Å². The van der Waals surface area contributed by atoms with Crippen molar-refractivity contribution < 1.29 is 9.15 Å². The lowest BCUT2D eigenvalue weighted by molar-refractivity contribution is 0.318. The van der Waals surface area contributed by atoms with Crippen molar-refractivity contribution in [1.29, 1.82) is 0 Å². The molecule has 6 heteroatoms. The monoisotopic (exact) mass is 437 g/mol. The lowest BCUT2D eigenvalue weighted by Gasteiger charge is -2.27. The van der Waals surface area contributed by atoms with Crippen LogP contribution in [0.25, 0.3) is 11.3 Å². The molecule has 0 spiro atoms. The van der Waals surface area contributed by atoms with Gasteiger partial charge in [-0.1, -0.05) is 61.3 Å². The van der Waals surface area contributed by atoms with Crippen molar-refractivity contribution in [3.63, 3.8) is 0 Å². The van der Waals surface area contributed by atoms with Gasteiger partial charge in [0.15, 0.2) is 11.6 Å². The third-order valence-electron chi connectivity index (χ3n) is 4.77. The number of halogens is 3. The van der Waals surface area contributed by atoms with E-state index in [4.69, 9.17) is 44.0 Å². The summed E-state index contributed by atoms with van der Waals surface area (Å²) in [5.41, 5.74) is 3.69. The fourth-order valence-electron chi connectivity index (χ4n) is 3.01. The van der Waals surface area contributed by atoms with E-state index in [0.717, 1.165) is 28.8 Å². The van der Waals surface area contributed by atoms with Crippen LogP contribution in [0.3, 0.4) is 0 Å². The molecule has 0 amide bonds. The van der Waals surface area contributed by atoms with Crippen molar-refractivity contribution in [2.24, 2.45) is 0 Å². The molecule has 0 aliphatic carbocycles. The van der Waals surface area contributed by atoms with Crippen LogP contribution in [-0.2, 0) is 5.41 Å². The quantitative estimate of drug-likeness (QED) is 0.287. The summed E-state index contributed by atoms with van der Waals surface area (Å²) in [6.45, 7) is 6.59. The molecule has 0 radical (unpaired) electrons. The van der Waals surface area contributed by atoms with Crippen molar-refractivity contribution in [3.8, 4) is 17.0 Å². The molecule has 3 nitrogen and oxygen atoms in total. The number of ether oxygens (including phenoxy) is 1. The molecule has 3 rings (SSSR count). The molecule has 148 valence electrons. The molecule has 0 aliphatic heterocycles. The number of benzene rings is 2. The van der Waals surface area contributed by atoms with E-state index in [9.17, 15) is 0 Å². The maximum absolute atomic E-state index is 6.45. The molecule has 0 bridgehead atoms. The lowest BCUT2D eigenvalue weighted by atomic mass is 9.78. The second kappa shape index (κ2) is 8.77. The van der Waals surface area contributed by atoms with Gasteiger partial charge < -0.3 is 9.15 Å². The number of oxazole rings is 1. The summed E-state index contributed by atoms with van der Waals surface area (Å²) < 4.78 is 11.0. The van der Waals surface area contributed by atoms with Gasteiger partial charge in [-0.2, -0.15) is 0 Å². The second-order valence-corrected chi connectivity index (χ2v) is 8.31. The summed E-state index contributed by atoms with van der Waals surface area (Å²) in [5, 5.41) is 1.000. The van der Waals surface area contributed by atoms with Crippen molar-refractivity contribution >= 4 is 34.8 Å². The summed E-state index contributed by atoms with van der Waals surface area (Å²) in [6, 6.07) is 12.1. The normalized spacial score (nSPS) is 11.6. The fraction of sp³-hybridized carbons (Fsp3) is 0.318. The van der Waals surface area contributed by atoms with Gasteiger partial charge in [0.05, 0.1) is 16.7 Å². The van der Waals surface area contributed by atoms with Gasteiger partial charge >= 0.3 is 0 Å². The minimum atomic E-state index is -0.291. The Labute approximate surface area is 180 Å². The minimum absolute atomic E-state index is 0.291. The Morgan fingerprint density at radius 1 is 1.04 bits per heavy atom. The molecule has 0 fully saturated rings. The third-order valence-corrected chi connectivity index (χ3v) is 5.59. The predicted molar refractivity (Wildman–Crippen MR) is 116 cm³/mol. The van der Waals surface area contributed by atoms with Crippen molar-refractivity contribution in [3.05, 3.63) is 69.7 Å². The largest absolute Gasteiger partial charge is 0.490 e. The minimum Gasteiger partial charge on any atom is -0.490 e. The SMILES string of the molecule is Cc1nc(-c2ccc(C(C)(C)c3cc(Cl)c(OCCCCl)c(Cl)c3)cc2)co1. The van der Waals surface area contributed by atoms with Gasteiger partial charge in [0.25, 0.3) is 0 Å². The van der Waals surface area contributed by atoms with Crippen LogP contribution in [0.15, 0.2) is 47.1 Å². The molecular weight excluding hydrogens is 417 g/mol. The highest BCUT2D eigenvalue weighted by atomic mass is 35.5. The highest BCUT2D eigenvalue weighted by Crippen LogP contribution is 2.40. The van der Waals surface area contributed by atoms with Gasteiger partial charge in [-0.15, -0.1) is 11.6 Å². The number of rotatable bonds is 7. The number of nitrogens with zero attached hydrogens (tertiary/aromatic N) is 1. The topological polar surface area (TPSA) is 35.3 Å². The zero-order valence-electron chi connectivity index (χ0n) is 16.1. The van der Waals surface area contributed by atoms with Gasteiger partial charge in [0, 0.05) is 23.8 Å². The first-order chi connectivity index (χ1) is 13.3. The summed E-state index contributed by atoms with van der Waals surface area (Å²) in [5.74, 6) is 1.69. The van der Waals surface area contributed by atoms with Crippen LogP contribution in [0.2, 0.25) is 10.0 Å². The number of aromatic nitrogens is 1. The maximum atomic E-state index is 6.45. The van der Waals surface area contributed by atoms with Crippen LogP contribution in [0.4, 0.5) is 0 Å². The fourth-order valence-corrected chi connectivity index (χ4v) is 3.71. The summed E-state index contributed by atoms with van der Waals surface area (Å²) in [6.07, 6.45) is 2.40. The van der Waals surface area contributed by atoms with E-state index >= 15 is 0 Å². The molecule has 0 saturated carbocycles. The lowest BCUT2D eigenvalue weighted by Crippen LogP contribution is -2.19. The van der Waals surface area contributed by atoms with Crippen LogP contribution < -0.4 is 4.74 Å². The Kier molecular flexibility index (Phi) is 6.59. The first-order valence-electron chi connectivity index (χ1n) is 9.04. The third kappa shape index (κ3) is 4.48. The van der Waals surface area contributed by atoms with Gasteiger partial charge in [0.2, 0.25) is 0 Å². The van der Waals surface area contributed by atoms with Gasteiger partial charge in [-0.3, -0.25) is 0 Å². The first kappa shape index (κ1) is 21.0. The predicted octanol–water partition coefficient (Wildman–Crippen LogP) is 7.29. The first-order valence-corrected chi connectivity index (χ1v) is 10.3. The average Bonchev–Trinajstić information content (AvgIpc) is 3.10. The number of aryl methyl sites for hydroxylation is 1. The Morgan fingerprint density at radius 2 is 1.68 bits per heavy atom. The Bertz CT molecular complexity index is 926. The van der Waals surface area contributed by atoms with Crippen molar-refractivity contribution in [2.75, 3.05) is 12.5 Å². The second-order valence-electron chi connectivity index (χ2n) is 7.11. The number of hydrogen-bond acceptors (Lipinski definition) is 3. The maximum Gasteiger partial charge on any atom is 0.191 e.